The summed E-state index contributed by atoms with van der Waals surface area (Å²) in [5.41, 5.74) is 0. The van der Waals surface area contributed by atoms with Gasteiger partial charge in [-0.15, -0.1) is 0 Å². The van der Waals surface area contributed by atoms with Gasteiger partial charge >= 0.3 is 8.17 Å². The van der Waals surface area contributed by atoms with Crippen LogP contribution in [-0.2, 0) is 4.52 Å². The summed E-state index contributed by atoms with van der Waals surface area (Å²) < 4.78 is 4.32. The summed E-state index contributed by atoms with van der Waals surface area (Å²) in [7, 11) is -3.97. The maximum Gasteiger partial charge on any atom is 0.567 e. The fraction of sp³-hybridized carbons (Fsp3) is 1.00. The fourth-order valence-electron chi connectivity index (χ4n) is 0.411. The van der Waals surface area contributed by atoms with Crippen LogP contribution in [0, 0.1) is 5.92 Å². The first-order valence-electron chi connectivity index (χ1n) is 3.13. The summed E-state index contributed by atoms with van der Waals surface area (Å²) in [6, 6.07) is 0. The maximum atomic E-state index is 8.33. The van der Waals surface area contributed by atoms with Crippen LogP contribution in [0.3, 0.4) is 0 Å². The van der Waals surface area contributed by atoms with Crippen molar-refractivity contribution >= 4 is 8.17 Å². The molecule has 0 aliphatic rings. The van der Waals surface area contributed by atoms with Crippen LogP contribution in [0.2, 0.25) is 0 Å². The zero-order valence-electron chi connectivity index (χ0n) is 6.19. The van der Waals surface area contributed by atoms with E-state index in [2.05, 4.69) is 4.52 Å². The zero-order chi connectivity index (χ0) is 8.20. The molecule has 0 atom stereocenters. The average molecular weight is 169 g/mol. The minimum atomic E-state index is -3.97. The molecule has 0 fully saturated rings. The van der Waals surface area contributed by atoms with Crippen molar-refractivity contribution in [1.29, 1.82) is 0 Å². The topological polar surface area (TPSA) is 69.9 Å². The number of hydrogen-bond donors (Lipinski definition) is 3. The molecule has 0 aromatic carbocycles. The fourth-order valence-corrected chi connectivity index (χ4v) is 0.761. The van der Waals surface area contributed by atoms with Gasteiger partial charge in [-0.05, 0) is 12.3 Å². The second-order valence-electron chi connectivity index (χ2n) is 2.53. The summed E-state index contributed by atoms with van der Waals surface area (Å²) in [5.74, 6) is 0.437. The molecule has 0 radical (unpaired) electrons. The molecule has 0 rings (SSSR count). The largest absolute Gasteiger partial charge is 0.567 e. The Morgan fingerprint density at radius 3 is 2.10 bits per heavy atom. The van der Waals surface area contributed by atoms with E-state index in [0.29, 0.717) is 12.3 Å². The summed E-state index contributed by atoms with van der Waals surface area (Å²) in [4.78, 5) is 25.0. The van der Waals surface area contributed by atoms with Gasteiger partial charge in [-0.25, -0.2) is 0 Å². The summed E-state index contributed by atoms with van der Waals surface area (Å²) in [5, 5.41) is 0. The lowest BCUT2D eigenvalue weighted by molar-refractivity contribution is 0.153. The second-order valence-corrected chi connectivity index (χ2v) is 3.81. The SMILES string of the molecule is CC(C)CCO[P+](O)(O)O. The molecule has 10 heavy (non-hydrogen) atoms. The normalized spacial score (nSPS) is 12.6. The molecular formula is C5H14O4P+. The highest BCUT2D eigenvalue weighted by Crippen LogP contribution is 2.45. The molecule has 0 unspecified atom stereocenters. The van der Waals surface area contributed by atoms with Gasteiger partial charge < -0.3 is 0 Å². The predicted molar refractivity (Wildman–Crippen MR) is 39.0 cm³/mol. The number of hydrogen-bond acceptors (Lipinski definition) is 4. The molecule has 3 N–H and O–H groups in total. The van der Waals surface area contributed by atoms with E-state index >= 15 is 0 Å². The lowest BCUT2D eigenvalue weighted by Gasteiger charge is -2.04. The van der Waals surface area contributed by atoms with Gasteiger partial charge in [0.2, 0.25) is 0 Å². The Labute approximate surface area is 61.1 Å². The van der Waals surface area contributed by atoms with Crippen LogP contribution in [0.25, 0.3) is 0 Å². The molecule has 0 amide bonds. The van der Waals surface area contributed by atoms with Crippen molar-refractivity contribution in [2.24, 2.45) is 5.92 Å². The van der Waals surface area contributed by atoms with E-state index < -0.39 is 8.17 Å². The first kappa shape index (κ1) is 10.3. The highest BCUT2D eigenvalue weighted by atomic mass is 31.2. The van der Waals surface area contributed by atoms with Gasteiger partial charge in [0, 0.05) is 0 Å². The minimum absolute atomic E-state index is 0.189. The third-order valence-electron chi connectivity index (χ3n) is 0.960. The van der Waals surface area contributed by atoms with Gasteiger partial charge in [0.1, 0.15) is 6.61 Å². The van der Waals surface area contributed by atoms with Crippen molar-refractivity contribution in [1.82, 2.24) is 0 Å². The molecule has 5 heteroatoms. The van der Waals surface area contributed by atoms with E-state index in [0.717, 1.165) is 0 Å². The van der Waals surface area contributed by atoms with Gasteiger partial charge in [0.25, 0.3) is 0 Å². The van der Waals surface area contributed by atoms with Gasteiger partial charge in [0.05, 0.1) is 0 Å². The van der Waals surface area contributed by atoms with Crippen LogP contribution in [0.5, 0.6) is 0 Å². The van der Waals surface area contributed by atoms with Crippen LogP contribution in [0.4, 0.5) is 0 Å². The second kappa shape index (κ2) is 4.21. The molecule has 0 aromatic heterocycles. The molecule has 62 valence electrons. The third kappa shape index (κ3) is 8.27. The van der Waals surface area contributed by atoms with Gasteiger partial charge in [0.15, 0.2) is 0 Å². The first-order chi connectivity index (χ1) is 4.42. The van der Waals surface area contributed by atoms with Crippen LogP contribution < -0.4 is 0 Å². The molecule has 4 nitrogen and oxygen atoms in total. The Morgan fingerprint density at radius 1 is 1.30 bits per heavy atom. The summed E-state index contributed by atoms with van der Waals surface area (Å²) >= 11 is 0. The highest BCUT2D eigenvalue weighted by molar-refractivity contribution is 7.53. The molecule has 0 spiro atoms. The number of rotatable bonds is 4. The van der Waals surface area contributed by atoms with E-state index in [1.54, 1.807) is 0 Å². The summed E-state index contributed by atoms with van der Waals surface area (Å²) in [6.45, 7) is 4.15. The first-order valence-corrected chi connectivity index (χ1v) is 4.70. The highest BCUT2D eigenvalue weighted by Gasteiger charge is 2.32. The van der Waals surface area contributed by atoms with Crippen LogP contribution in [0.1, 0.15) is 20.3 Å². The average Bonchev–Trinajstić information content (AvgIpc) is 1.59. The van der Waals surface area contributed by atoms with E-state index in [-0.39, 0.29) is 6.61 Å². The summed E-state index contributed by atoms with van der Waals surface area (Å²) in [6.07, 6.45) is 0.712. The van der Waals surface area contributed by atoms with Gasteiger partial charge in [-0.3, -0.25) is 0 Å². The third-order valence-corrected chi connectivity index (χ3v) is 1.49. The van der Waals surface area contributed by atoms with Crippen molar-refractivity contribution in [2.45, 2.75) is 20.3 Å². The molecule has 0 aromatic rings. The molecule has 0 saturated carbocycles. The van der Waals surface area contributed by atoms with E-state index in [1.807, 2.05) is 13.8 Å². The van der Waals surface area contributed by atoms with E-state index in [4.69, 9.17) is 14.7 Å². The zero-order valence-corrected chi connectivity index (χ0v) is 7.08. The quantitative estimate of drug-likeness (QED) is 0.542. The lowest BCUT2D eigenvalue weighted by atomic mass is 10.2. The standard InChI is InChI=1S/C5H14O4P/c1-5(2)3-4-9-10(6,7)8/h5-8H,3-4H2,1-2H3/q+1. The van der Waals surface area contributed by atoms with Crippen LogP contribution in [-0.4, -0.2) is 21.3 Å². The van der Waals surface area contributed by atoms with Crippen molar-refractivity contribution < 1.29 is 19.2 Å². The van der Waals surface area contributed by atoms with Crippen molar-refractivity contribution in [2.75, 3.05) is 6.61 Å². The Bertz CT molecular complexity index is 88.1. The lowest BCUT2D eigenvalue weighted by Crippen LogP contribution is -2.00. The Hall–Kier alpha value is 0.270. The molecular weight excluding hydrogens is 155 g/mol. The van der Waals surface area contributed by atoms with Gasteiger partial charge in [-0.2, -0.15) is 19.2 Å². The minimum Gasteiger partial charge on any atom is -0.168 e. The van der Waals surface area contributed by atoms with Gasteiger partial charge in [-0.1, -0.05) is 13.8 Å². The molecule has 0 aliphatic heterocycles. The van der Waals surface area contributed by atoms with Crippen molar-refractivity contribution in [3.05, 3.63) is 0 Å². The Kier molecular flexibility index (Phi) is 4.32. The predicted octanol–water partition coefficient (Wildman–Crippen LogP) is 0.704. The molecule has 0 aliphatic carbocycles. The molecule has 0 saturated heterocycles. The van der Waals surface area contributed by atoms with Crippen molar-refractivity contribution in [3.63, 3.8) is 0 Å². The molecule has 0 bridgehead atoms. The van der Waals surface area contributed by atoms with Crippen LogP contribution in [0.15, 0.2) is 0 Å². The maximum absolute atomic E-state index is 8.33. The van der Waals surface area contributed by atoms with Crippen LogP contribution >= 0.6 is 8.17 Å². The van der Waals surface area contributed by atoms with E-state index in [1.165, 1.54) is 0 Å². The monoisotopic (exact) mass is 169 g/mol. The molecule has 0 heterocycles. The Balaban J connectivity index is 3.21. The smallest absolute Gasteiger partial charge is 0.168 e. The Morgan fingerprint density at radius 2 is 1.80 bits per heavy atom. The van der Waals surface area contributed by atoms with Crippen molar-refractivity contribution in [3.8, 4) is 0 Å². The van der Waals surface area contributed by atoms with E-state index in [9.17, 15) is 0 Å².